The fraction of sp³-hybridized carbons (Fsp3) is 0.222. The minimum Gasteiger partial charge on any atom is -0.296 e. The van der Waals surface area contributed by atoms with Crippen LogP contribution in [0.15, 0.2) is 127 Å². The summed E-state index contributed by atoms with van der Waals surface area (Å²) >= 11 is 0. The number of nitrogens with one attached hydrogen (secondary N) is 1. The third kappa shape index (κ3) is 6.15. The Balaban J connectivity index is 1.47. The van der Waals surface area contributed by atoms with Gasteiger partial charge in [0.2, 0.25) is 0 Å². The van der Waals surface area contributed by atoms with Crippen LogP contribution in [0.5, 0.6) is 0 Å². The lowest BCUT2D eigenvalue weighted by Crippen LogP contribution is -2.42. The first-order valence-corrected chi connectivity index (χ1v) is 13.8. The van der Waals surface area contributed by atoms with Crippen molar-refractivity contribution >= 4 is 11.3 Å². The maximum Gasteiger partial charge on any atom is 0.0894 e. The minimum absolute atomic E-state index is 0.0623. The number of benzene rings is 4. The van der Waals surface area contributed by atoms with E-state index in [1.807, 2.05) is 0 Å². The molecular formula is C36H38N2. The molecule has 0 amide bonds. The summed E-state index contributed by atoms with van der Waals surface area (Å²) in [7, 11) is 0. The Morgan fingerprint density at radius 1 is 0.684 bits per heavy atom. The van der Waals surface area contributed by atoms with Crippen molar-refractivity contribution < 1.29 is 0 Å². The van der Waals surface area contributed by atoms with E-state index in [4.69, 9.17) is 0 Å². The fourth-order valence-electron chi connectivity index (χ4n) is 5.19. The lowest BCUT2D eigenvalue weighted by Gasteiger charge is -2.38. The van der Waals surface area contributed by atoms with Gasteiger partial charge in [0.1, 0.15) is 0 Å². The van der Waals surface area contributed by atoms with Gasteiger partial charge in [-0.2, -0.15) is 0 Å². The molecule has 192 valence electrons. The number of hydrogen-bond donors (Lipinski definition) is 1. The highest BCUT2D eigenvalue weighted by molar-refractivity contribution is 5.86. The highest BCUT2D eigenvalue weighted by Gasteiger charge is 2.27. The van der Waals surface area contributed by atoms with Gasteiger partial charge in [-0.3, -0.25) is 5.01 Å². The van der Waals surface area contributed by atoms with Crippen LogP contribution < -0.4 is 5.43 Å². The van der Waals surface area contributed by atoms with Crippen LogP contribution in [0, 0.1) is 5.92 Å². The summed E-state index contributed by atoms with van der Waals surface area (Å²) in [5, 5.41) is 2.36. The Morgan fingerprint density at radius 2 is 1.26 bits per heavy atom. The van der Waals surface area contributed by atoms with E-state index in [9.17, 15) is 0 Å². The molecule has 2 atom stereocenters. The topological polar surface area (TPSA) is 15.3 Å². The number of hydrazine groups is 1. The van der Waals surface area contributed by atoms with Crippen LogP contribution in [0.1, 0.15) is 60.5 Å². The average Bonchev–Trinajstić information content (AvgIpc) is 2.97. The predicted molar refractivity (Wildman–Crippen MR) is 161 cm³/mol. The Labute approximate surface area is 228 Å². The van der Waals surface area contributed by atoms with Gasteiger partial charge in [0.15, 0.2) is 0 Å². The zero-order valence-corrected chi connectivity index (χ0v) is 22.7. The van der Waals surface area contributed by atoms with Crippen LogP contribution in [0.3, 0.4) is 0 Å². The van der Waals surface area contributed by atoms with Crippen molar-refractivity contribution in [1.82, 2.24) is 10.4 Å². The van der Waals surface area contributed by atoms with Crippen molar-refractivity contribution in [2.24, 2.45) is 5.92 Å². The molecule has 4 aromatic carbocycles. The zero-order chi connectivity index (χ0) is 26.3. The van der Waals surface area contributed by atoms with Gasteiger partial charge >= 0.3 is 0 Å². The minimum atomic E-state index is 0.0623. The molecule has 0 saturated carbocycles. The summed E-state index contributed by atoms with van der Waals surface area (Å²) < 4.78 is 0. The molecule has 2 heteroatoms. The first-order valence-electron chi connectivity index (χ1n) is 13.8. The summed E-state index contributed by atoms with van der Waals surface area (Å²) in [6.07, 6.45) is 5.83. The monoisotopic (exact) mass is 498 g/mol. The van der Waals surface area contributed by atoms with Gasteiger partial charge in [-0.15, -0.1) is 0 Å². The Kier molecular flexibility index (Phi) is 8.21. The van der Waals surface area contributed by atoms with Crippen LogP contribution in [-0.4, -0.2) is 11.6 Å². The third-order valence-corrected chi connectivity index (χ3v) is 7.25. The van der Waals surface area contributed by atoms with Crippen LogP contribution in [0.25, 0.3) is 11.3 Å². The number of rotatable bonds is 9. The molecule has 2 unspecified atom stereocenters. The summed E-state index contributed by atoms with van der Waals surface area (Å²) in [6, 6.07) is 41.5. The lowest BCUT2D eigenvalue weighted by atomic mass is 9.92. The van der Waals surface area contributed by atoms with Crippen molar-refractivity contribution in [3.8, 4) is 0 Å². The Bertz CT molecular complexity index is 1350. The van der Waals surface area contributed by atoms with Gasteiger partial charge in [-0.05, 0) is 63.8 Å². The second kappa shape index (κ2) is 12.1. The lowest BCUT2D eigenvalue weighted by molar-refractivity contribution is 0.239. The summed E-state index contributed by atoms with van der Waals surface area (Å²) in [5.74, 6) is 1.04. The number of hydrogen-bond acceptors (Lipinski definition) is 2. The quantitative estimate of drug-likeness (QED) is 0.248. The Morgan fingerprint density at radius 3 is 1.87 bits per heavy atom. The smallest absolute Gasteiger partial charge is 0.0894 e. The van der Waals surface area contributed by atoms with Gasteiger partial charge in [-0.1, -0.05) is 136 Å². The molecule has 0 spiro atoms. The molecule has 1 aliphatic rings. The second-order valence-electron chi connectivity index (χ2n) is 10.7. The molecule has 1 N–H and O–H groups in total. The molecule has 5 rings (SSSR count). The maximum atomic E-state index is 3.86. The van der Waals surface area contributed by atoms with Crippen LogP contribution >= 0.6 is 0 Å². The molecule has 0 aliphatic carbocycles. The maximum absolute atomic E-state index is 3.86. The van der Waals surface area contributed by atoms with E-state index in [2.05, 4.69) is 159 Å². The number of allylic oxidation sites excluding steroid dienone is 2. The Hall–Kier alpha value is -3.88. The van der Waals surface area contributed by atoms with E-state index in [-0.39, 0.29) is 6.04 Å². The molecule has 0 radical (unpaired) electrons. The molecule has 2 nitrogen and oxygen atoms in total. The molecule has 0 aromatic heterocycles. The van der Waals surface area contributed by atoms with Gasteiger partial charge in [0, 0.05) is 6.54 Å². The molecule has 1 aliphatic heterocycles. The van der Waals surface area contributed by atoms with Gasteiger partial charge in [0.05, 0.1) is 11.7 Å². The molecule has 0 fully saturated rings. The SMILES string of the molecule is CC(C)Cc1ccc(C(C)CNN2C(c3ccccc3)=CC(c3ccccc3)=CC2c2ccccc2)cc1. The van der Waals surface area contributed by atoms with Crippen molar-refractivity contribution in [2.75, 3.05) is 6.54 Å². The summed E-state index contributed by atoms with van der Waals surface area (Å²) in [6.45, 7) is 7.70. The van der Waals surface area contributed by atoms with Crippen LogP contribution in [0.4, 0.5) is 0 Å². The molecule has 0 saturated heterocycles. The van der Waals surface area contributed by atoms with E-state index in [1.54, 1.807) is 0 Å². The van der Waals surface area contributed by atoms with Gasteiger partial charge in [0.25, 0.3) is 0 Å². The molecule has 38 heavy (non-hydrogen) atoms. The third-order valence-electron chi connectivity index (χ3n) is 7.25. The molecular weight excluding hydrogens is 460 g/mol. The van der Waals surface area contributed by atoms with Gasteiger partial charge in [-0.25, -0.2) is 5.43 Å². The fourth-order valence-corrected chi connectivity index (χ4v) is 5.19. The van der Waals surface area contributed by atoms with E-state index in [0.29, 0.717) is 11.8 Å². The highest BCUT2D eigenvalue weighted by atomic mass is 15.5. The van der Waals surface area contributed by atoms with Crippen molar-refractivity contribution in [3.05, 3.63) is 155 Å². The van der Waals surface area contributed by atoms with E-state index < -0.39 is 0 Å². The van der Waals surface area contributed by atoms with Crippen molar-refractivity contribution in [3.63, 3.8) is 0 Å². The largest absolute Gasteiger partial charge is 0.296 e. The van der Waals surface area contributed by atoms with E-state index in [1.165, 1.54) is 39.1 Å². The van der Waals surface area contributed by atoms with Crippen molar-refractivity contribution in [1.29, 1.82) is 0 Å². The van der Waals surface area contributed by atoms with Crippen molar-refractivity contribution in [2.45, 2.75) is 39.2 Å². The first kappa shape index (κ1) is 25.8. The molecule has 0 bridgehead atoms. The normalized spacial score (nSPS) is 16.2. The van der Waals surface area contributed by atoms with E-state index in [0.717, 1.165) is 13.0 Å². The molecule has 4 aromatic rings. The van der Waals surface area contributed by atoms with Crippen LogP contribution in [-0.2, 0) is 6.42 Å². The molecule has 1 heterocycles. The average molecular weight is 499 g/mol. The summed E-state index contributed by atoms with van der Waals surface area (Å²) in [5.41, 5.74) is 12.8. The first-order chi connectivity index (χ1) is 18.6. The number of nitrogens with zero attached hydrogens (tertiary/aromatic N) is 1. The zero-order valence-electron chi connectivity index (χ0n) is 22.7. The predicted octanol–water partition coefficient (Wildman–Crippen LogP) is 8.67. The summed E-state index contributed by atoms with van der Waals surface area (Å²) in [4.78, 5) is 0. The van der Waals surface area contributed by atoms with Crippen LogP contribution in [0.2, 0.25) is 0 Å². The standard InChI is InChI=1S/C36H38N2/c1-27(2)23-29-19-21-30(22-20-29)28(3)26-37-38-35(32-15-9-5-10-16-32)24-34(31-13-7-4-8-14-31)25-36(38)33-17-11-6-12-18-33/h4-22,24-25,27-28,35,37H,23,26H2,1-3H3. The highest BCUT2D eigenvalue weighted by Crippen LogP contribution is 2.38. The van der Waals surface area contributed by atoms with E-state index >= 15 is 0 Å². The van der Waals surface area contributed by atoms with Gasteiger partial charge < -0.3 is 0 Å². The second-order valence-corrected chi connectivity index (χ2v) is 10.7.